The van der Waals surface area contributed by atoms with E-state index in [2.05, 4.69) is 5.32 Å². The van der Waals surface area contributed by atoms with Crippen molar-refractivity contribution in [3.8, 4) is 0 Å². The summed E-state index contributed by atoms with van der Waals surface area (Å²) in [5.41, 5.74) is 0.337. The Morgan fingerprint density at radius 2 is 1.78 bits per heavy atom. The van der Waals surface area contributed by atoms with Crippen LogP contribution >= 0.6 is 0 Å². The molecule has 0 heterocycles. The van der Waals surface area contributed by atoms with Crippen LogP contribution in [0.2, 0.25) is 0 Å². The Labute approximate surface area is 160 Å². The number of hydrogen-bond acceptors (Lipinski definition) is 4. The van der Waals surface area contributed by atoms with Gasteiger partial charge in [-0.15, -0.1) is 0 Å². The van der Waals surface area contributed by atoms with Gasteiger partial charge in [0.05, 0.1) is 12.0 Å². The van der Waals surface area contributed by atoms with Gasteiger partial charge in [0, 0.05) is 0 Å². The third-order valence-electron chi connectivity index (χ3n) is 4.77. The predicted molar refractivity (Wildman–Crippen MR) is 101 cm³/mol. The molecule has 1 atom stereocenters. The summed E-state index contributed by atoms with van der Waals surface area (Å²) >= 11 is 0. The third kappa shape index (κ3) is 7.19. The van der Waals surface area contributed by atoms with Crippen molar-refractivity contribution in [2.45, 2.75) is 64.7 Å². The standard InChI is InChI=1S/C21H30FNO4/c1-21(2,3)27-20(25)23-18(13-22)16-9-11-17(12-10-16)19(24)26-14-15-7-5-4-6-8-15/h4-8,16-18H,9-14H2,1-3H3,(H,23,25)/t16?,17?,18-/m0/s1. The maximum Gasteiger partial charge on any atom is 0.407 e. The molecule has 1 aromatic rings. The number of ether oxygens (including phenoxy) is 2. The van der Waals surface area contributed by atoms with Crippen molar-refractivity contribution in [3.63, 3.8) is 0 Å². The van der Waals surface area contributed by atoms with E-state index in [-0.39, 0.29) is 24.4 Å². The van der Waals surface area contributed by atoms with E-state index in [4.69, 9.17) is 9.47 Å². The van der Waals surface area contributed by atoms with Crippen LogP contribution in [0.4, 0.5) is 9.18 Å². The van der Waals surface area contributed by atoms with Crippen molar-refractivity contribution in [2.75, 3.05) is 6.67 Å². The number of alkyl carbamates (subject to hydrolysis) is 1. The van der Waals surface area contributed by atoms with E-state index in [9.17, 15) is 14.0 Å². The molecule has 2 rings (SSSR count). The normalized spacial score (nSPS) is 21.2. The Balaban J connectivity index is 1.77. The van der Waals surface area contributed by atoms with Gasteiger partial charge < -0.3 is 14.8 Å². The molecule has 1 amide bonds. The molecule has 1 fully saturated rings. The minimum atomic E-state index is -0.646. The van der Waals surface area contributed by atoms with E-state index in [1.807, 2.05) is 30.3 Å². The molecule has 0 aromatic heterocycles. The number of carbonyl (C=O) groups excluding carboxylic acids is 2. The van der Waals surface area contributed by atoms with Crippen LogP contribution in [0.15, 0.2) is 30.3 Å². The number of amides is 1. The molecule has 27 heavy (non-hydrogen) atoms. The number of alkyl halides is 1. The minimum Gasteiger partial charge on any atom is -0.461 e. The van der Waals surface area contributed by atoms with Gasteiger partial charge >= 0.3 is 12.1 Å². The molecule has 5 nitrogen and oxygen atoms in total. The molecule has 1 aliphatic rings. The van der Waals surface area contributed by atoms with Gasteiger partial charge in [-0.05, 0) is 57.9 Å². The van der Waals surface area contributed by atoms with Crippen LogP contribution in [0.25, 0.3) is 0 Å². The van der Waals surface area contributed by atoms with Gasteiger partial charge in [0.2, 0.25) is 0 Å². The van der Waals surface area contributed by atoms with Crippen molar-refractivity contribution >= 4 is 12.1 Å². The van der Waals surface area contributed by atoms with Crippen molar-refractivity contribution in [3.05, 3.63) is 35.9 Å². The smallest absolute Gasteiger partial charge is 0.407 e. The Hall–Kier alpha value is -2.11. The molecule has 1 aliphatic carbocycles. The predicted octanol–water partition coefficient (Wildman–Crippen LogP) is 4.40. The second-order valence-electron chi connectivity index (χ2n) is 8.11. The topological polar surface area (TPSA) is 64.6 Å². The van der Waals surface area contributed by atoms with Crippen LogP contribution in [0.3, 0.4) is 0 Å². The molecule has 6 heteroatoms. The third-order valence-corrected chi connectivity index (χ3v) is 4.77. The molecule has 1 saturated carbocycles. The van der Waals surface area contributed by atoms with Crippen molar-refractivity contribution in [2.24, 2.45) is 11.8 Å². The van der Waals surface area contributed by atoms with Crippen LogP contribution in [0.1, 0.15) is 52.0 Å². The molecule has 0 spiro atoms. The first-order valence-electron chi connectivity index (χ1n) is 9.54. The summed E-state index contributed by atoms with van der Waals surface area (Å²) < 4.78 is 24.0. The average Bonchev–Trinajstić information content (AvgIpc) is 2.64. The molecule has 1 N–H and O–H groups in total. The summed E-state index contributed by atoms with van der Waals surface area (Å²) in [6.45, 7) is 4.93. The fraction of sp³-hybridized carbons (Fsp3) is 0.619. The van der Waals surface area contributed by atoms with Gasteiger partial charge in [-0.2, -0.15) is 0 Å². The Morgan fingerprint density at radius 3 is 2.33 bits per heavy atom. The van der Waals surface area contributed by atoms with E-state index in [0.717, 1.165) is 5.56 Å². The second kappa shape index (κ2) is 9.72. The number of benzene rings is 1. The summed E-state index contributed by atoms with van der Waals surface area (Å²) in [6, 6.07) is 8.98. The molecule has 0 bridgehead atoms. The lowest BCUT2D eigenvalue weighted by atomic mass is 9.79. The van der Waals surface area contributed by atoms with Crippen LogP contribution in [0.5, 0.6) is 0 Å². The fourth-order valence-electron chi connectivity index (χ4n) is 3.35. The molecule has 0 saturated heterocycles. The summed E-state index contributed by atoms with van der Waals surface area (Å²) in [6.07, 6.45) is 2.04. The molecule has 0 aliphatic heterocycles. The zero-order valence-electron chi connectivity index (χ0n) is 16.4. The number of carbonyl (C=O) groups is 2. The SMILES string of the molecule is CC(C)(C)OC(=O)N[C@@H](CF)C1CCC(C(=O)OCc2ccccc2)CC1. The molecular formula is C21H30FNO4. The van der Waals surface area contributed by atoms with Crippen LogP contribution in [-0.2, 0) is 20.9 Å². The zero-order chi connectivity index (χ0) is 19.9. The van der Waals surface area contributed by atoms with Crippen LogP contribution in [0, 0.1) is 11.8 Å². The largest absolute Gasteiger partial charge is 0.461 e. The maximum atomic E-state index is 13.4. The molecular weight excluding hydrogens is 349 g/mol. The number of rotatable bonds is 6. The zero-order valence-corrected chi connectivity index (χ0v) is 16.4. The van der Waals surface area contributed by atoms with Gasteiger partial charge in [-0.3, -0.25) is 4.79 Å². The van der Waals surface area contributed by atoms with E-state index in [0.29, 0.717) is 25.7 Å². The molecule has 0 radical (unpaired) electrons. The minimum absolute atomic E-state index is 0.000640. The highest BCUT2D eigenvalue weighted by Crippen LogP contribution is 2.32. The van der Waals surface area contributed by atoms with Crippen LogP contribution in [-0.4, -0.2) is 30.4 Å². The quantitative estimate of drug-likeness (QED) is 0.744. The summed E-state index contributed by atoms with van der Waals surface area (Å²) in [5, 5.41) is 2.63. The highest BCUT2D eigenvalue weighted by Gasteiger charge is 2.33. The number of halogens is 1. The molecule has 150 valence electrons. The first kappa shape index (κ1) is 21.2. The van der Waals surface area contributed by atoms with Gasteiger partial charge in [-0.1, -0.05) is 30.3 Å². The highest BCUT2D eigenvalue weighted by molar-refractivity contribution is 5.72. The van der Waals surface area contributed by atoms with E-state index in [1.165, 1.54) is 0 Å². The number of hydrogen-bond donors (Lipinski definition) is 1. The molecule has 1 aromatic carbocycles. The Morgan fingerprint density at radius 1 is 1.15 bits per heavy atom. The summed E-state index contributed by atoms with van der Waals surface area (Å²) in [4.78, 5) is 24.2. The number of nitrogens with one attached hydrogen (secondary N) is 1. The number of esters is 1. The lowest BCUT2D eigenvalue weighted by molar-refractivity contribution is -0.151. The Kier molecular flexibility index (Phi) is 7.63. The highest BCUT2D eigenvalue weighted by atomic mass is 19.1. The first-order valence-corrected chi connectivity index (χ1v) is 9.54. The summed E-state index contributed by atoms with van der Waals surface area (Å²) in [7, 11) is 0. The second-order valence-corrected chi connectivity index (χ2v) is 8.11. The molecule has 0 unspecified atom stereocenters. The van der Waals surface area contributed by atoms with E-state index < -0.39 is 24.4 Å². The van der Waals surface area contributed by atoms with E-state index >= 15 is 0 Å². The first-order chi connectivity index (χ1) is 12.8. The van der Waals surface area contributed by atoms with Crippen molar-refractivity contribution in [1.82, 2.24) is 5.32 Å². The lowest BCUT2D eigenvalue weighted by Gasteiger charge is -2.32. The fourth-order valence-corrected chi connectivity index (χ4v) is 3.35. The van der Waals surface area contributed by atoms with Crippen molar-refractivity contribution in [1.29, 1.82) is 0 Å². The summed E-state index contributed by atoms with van der Waals surface area (Å²) in [5.74, 6) is -0.360. The van der Waals surface area contributed by atoms with E-state index in [1.54, 1.807) is 20.8 Å². The van der Waals surface area contributed by atoms with Gasteiger partial charge in [0.1, 0.15) is 18.9 Å². The Bertz CT molecular complexity index is 606. The maximum absolute atomic E-state index is 13.4. The van der Waals surface area contributed by atoms with Crippen LogP contribution < -0.4 is 5.32 Å². The van der Waals surface area contributed by atoms with Crippen molar-refractivity contribution < 1.29 is 23.5 Å². The monoisotopic (exact) mass is 379 g/mol. The lowest BCUT2D eigenvalue weighted by Crippen LogP contribution is -2.45. The van der Waals surface area contributed by atoms with Gasteiger partial charge in [0.25, 0.3) is 0 Å². The average molecular weight is 379 g/mol. The van der Waals surface area contributed by atoms with Gasteiger partial charge in [-0.25, -0.2) is 9.18 Å². The van der Waals surface area contributed by atoms with Gasteiger partial charge in [0.15, 0.2) is 0 Å².